The zero-order valence-corrected chi connectivity index (χ0v) is 9.22. The fourth-order valence-electron chi connectivity index (χ4n) is 1.33. The predicted molar refractivity (Wildman–Crippen MR) is 57.2 cm³/mol. The summed E-state index contributed by atoms with van der Waals surface area (Å²) in [6.07, 6.45) is 0. The fourth-order valence-corrected chi connectivity index (χ4v) is 1.56. The van der Waals surface area contributed by atoms with Crippen LogP contribution in [0.1, 0.15) is 42.6 Å². The number of aromatic hydroxyl groups is 1. The third kappa shape index (κ3) is 2.07. The van der Waals surface area contributed by atoms with Gasteiger partial charge in [0.25, 0.3) is 0 Å². The second-order valence-electron chi connectivity index (χ2n) is 3.60. The third-order valence-electron chi connectivity index (χ3n) is 2.11. The normalized spacial score (nSPS) is 10.6. The minimum absolute atomic E-state index is 0.0527. The van der Waals surface area contributed by atoms with E-state index in [1.54, 1.807) is 6.07 Å². The number of halogens is 1. The minimum Gasteiger partial charge on any atom is -0.507 e. The van der Waals surface area contributed by atoms with Crippen molar-refractivity contribution in [1.82, 2.24) is 0 Å². The molecule has 0 aliphatic carbocycles. The Bertz CT molecular complexity index is 370. The number of Topliss-reactive ketones (excluding diaryl/α,β-unsaturated/α-hetero) is 1. The van der Waals surface area contributed by atoms with E-state index in [2.05, 4.69) is 0 Å². The maximum absolute atomic E-state index is 11.2. The number of benzene rings is 1. The van der Waals surface area contributed by atoms with Gasteiger partial charge < -0.3 is 5.11 Å². The van der Waals surface area contributed by atoms with Gasteiger partial charge in [0.15, 0.2) is 5.78 Å². The molecule has 1 rings (SSSR count). The molecule has 1 aromatic carbocycles. The largest absolute Gasteiger partial charge is 0.507 e. The number of carbonyl (C=O) groups is 1. The Morgan fingerprint density at radius 2 is 2.00 bits per heavy atom. The van der Waals surface area contributed by atoms with Crippen LogP contribution in [-0.2, 0) is 0 Å². The van der Waals surface area contributed by atoms with Crippen molar-refractivity contribution in [2.24, 2.45) is 0 Å². The summed E-state index contributed by atoms with van der Waals surface area (Å²) < 4.78 is 0. The van der Waals surface area contributed by atoms with Crippen LogP contribution in [0.5, 0.6) is 5.75 Å². The van der Waals surface area contributed by atoms with Crippen molar-refractivity contribution in [3.63, 3.8) is 0 Å². The summed E-state index contributed by atoms with van der Waals surface area (Å²) in [6, 6.07) is 3.18. The highest BCUT2D eigenvalue weighted by atomic mass is 35.5. The Morgan fingerprint density at radius 3 is 2.43 bits per heavy atom. The first-order chi connectivity index (χ1) is 6.43. The second kappa shape index (κ2) is 4.01. The molecule has 0 aromatic heterocycles. The summed E-state index contributed by atoms with van der Waals surface area (Å²) in [7, 11) is 0. The van der Waals surface area contributed by atoms with E-state index < -0.39 is 0 Å². The molecular formula is C11H13ClO2. The Morgan fingerprint density at radius 1 is 1.43 bits per heavy atom. The van der Waals surface area contributed by atoms with Crippen LogP contribution >= 0.6 is 11.6 Å². The first kappa shape index (κ1) is 11.1. The van der Waals surface area contributed by atoms with Gasteiger partial charge in [-0.3, -0.25) is 4.79 Å². The molecule has 0 fully saturated rings. The topological polar surface area (TPSA) is 37.3 Å². The molecule has 0 unspecified atom stereocenters. The second-order valence-corrected chi connectivity index (χ2v) is 4.04. The average Bonchev–Trinajstić information content (AvgIpc) is 2.07. The SMILES string of the molecule is CC(=O)c1cc(Cl)cc(C(C)C)c1O. The van der Waals surface area contributed by atoms with E-state index in [0.29, 0.717) is 16.1 Å². The van der Waals surface area contributed by atoms with Gasteiger partial charge >= 0.3 is 0 Å². The molecule has 1 N–H and O–H groups in total. The van der Waals surface area contributed by atoms with Crippen LogP contribution in [0.3, 0.4) is 0 Å². The van der Waals surface area contributed by atoms with Crippen LogP contribution in [-0.4, -0.2) is 10.9 Å². The average molecular weight is 213 g/mol. The van der Waals surface area contributed by atoms with E-state index in [0.717, 1.165) is 0 Å². The highest BCUT2D eigenvalue weighted by molar-refractivity contribution is 6.31. The summed E-state index contributed by atoms with van der Waals surface area (Å²) in [6.45, 7) is 5.29. The summed E-state index contributed by atoms with van der Waals surface area (Å²) >= 11 is 5.85. The Labute approximate surface area is 88.5 Å². The standard InChI is InChI=1S/C11H13ClO2/c1-6(2)9-4-8(12)5-10(7(3)13)11(9)14/h4-6,14H,1-3H3. The lowest BCUT2D eigenvalue weighted by atomic mass is 9.98. The molecule has 0 amide bonds. The molecule has 2 nitrogen and oxygen atoms in total. The van der Waals surface area contributed by atoms with Crippen molar-refractivity contribution in [3.8, 4) is 5.75 Å². The van der Waals surface area contributed by atoms with Gasteiger partial charge in [0.1, 0.15) is 5.75 Å². The predicted octanol–water partition coefficient (Wildman–Crippen LogP) is 3.37. The van der Waals surface area contributed by atoms with Gasteiger partial charge in [-0.1, -0.05) is 25.4 Å². The lowest BCUT2D eigenvalue weighted by molar-refractivity contribution is 0.101. The van der Waals surface area contributed by atoms with Crippen molar-refractivity contribution in [1.29, 1.82) is 0 Å². The van der Waals surface area contributed by atoms with E-state index in [1.807, 2.05) is 13.8 Å². The molecule has 0 aliphatic rings. The third-order valence-corrected chi connectivity index (χ3v) is 2.32. The molecule has 3 heteroatoms. The quantitative estimate of drug-likeness (QED) is 0.764. The number of hydrogen-bond acceptors (Lipinski definition) is 2. The van der Waals surface area contributed by atoms with Crippen LogP contribution in [0.4, 0.5) is 0 Å². The van der Waals surface area contributed by atoms with Crippen LogP contribution in [0, 0.1) is 0 Å². The highest BCUT2D eigenvalue weighted by Crippen LogP contribution is 2.32. The van der Waals surface area contributed by atoms with E-state index in [9.17, 15) is 9.90 Å². The van der Waals surface area contributed by atoms with Gasteiger partial charge in [-0.2, -0.15) is 0 Å². The Kier molecular flexibility index (Phi) is 3.17. The van der Waals surface area contributed by atoms with Gasteiger partial charge in [0.05, 0.1) is 5.56 Å². The molecule has 0 atom stereocenters. The van der Waals surface area contributed by atoms with E-state index >= 15 is 0 Å². The number of phenolic OH excluding ortho intramolecular Hbond substituents is 1. The maximum Gasteiger partial charge on any atom is 0.163 e. The van der Waals surface area contributed by atoms with E-state index in [-0.39, 0.29) is 17.5 Å². The number of phenols is 1. The number of carbonyl (C=O) groups excluding carboxylic acids is 1. The summed E-state index contributed by atoms with van der Waals surface area (Å²) in [5.41, 5.74) is 1.00. The molecule has 0 radical (unpaired) electrons. The lowest BCUT2D eigenvalue weighted by Crippen LogP contribution is -1.97. The Hall–Kier alpha value is -1.02. The lowest BCUT2D eigenvalue weighted by Gasteiger charge is -2.11. The zero-order valence-electron chi connectivity index (χ0n) is 8.47. The molecule has 0 saturated carbocycles. The maximum atomic E-state index is 11.2. The van der Waals surface area contributed by atoms with Crippen LogP contribution in [0.2, 0.25) is 5.02 Å². The molecule has 0 aliphatic heterocycles. The highest BCUT2D eigenvalue weighted by Gasteiger charge is 2.14. The summed E-state index contributed by atoms with van der Waals surface area (Å²) in [5.74, 6) is 0.0237. The van der Waals surface area contributed by atoms with Gasteiger partial charge in [0.2, 0.25) is 0 Å². The van der Waals surface area contributed by atoms with E-state index in [1.165, 1.54) is 13.0 Å². The van der Waals surface area contributed by atoms with Crippen molar-refractivity contribution in [2.75, 3.05) is 0 Å². The summed E-state index contributed by atoms with van der Waals surface area (Å²) in [4.78, 5) is 11.2. The van der Waals surface area contributed by atoms with Gasteiger partial charge in [-0.05, 0) is 30.5 Å². The Balaban J connectivity index is 3.40. The molecule has 1 aromatic rings. The molecule has 0 heterocycles. The number of rotatable bonds is 2. The first-order valence-electron chi connectivity index (χ1n) is 4.46. The van der Waals surface area contributed by atoms with Gasteiger partial charge in [-0.15, -0.1) is 0 Å². The van der Waals surface area contributed by atoms with Gasteiger partial charge in [-0.25, -0.2) is 0 Å². The summed E-state index contributed by atoms with van der Waals surface area (Å²) in [5, 5.41) is 10.3. The zero-order chi connectivity index (χ0) is 10.9. The van der Waals surface area contributed by atoms with Crippen LogP contribution in [0.15, 0.2) is 12.1 Å². The smallest absolute Gasteiger partial charge is 0.163 e. The number of hydrogen-bond donors (Lipinski definition) is 1. The van der Waals surface area contributed by atoms with Crippen LogP contribution < -0.4 is 0 Å². The van der Waals surface area contributed by atoms with Crippen LogP contribution in [0.25, 0.3) is 0 Å². The molecule has 14 heavy (non-hydrogen) atoms. The van der Waals surface area contributed by atoms with Crippen molar-refractivity contribution >= 4 is 17.4 Å². The fraction of sp³-hybridized carbons (Fsp3) is 0.364. The van der Waals surface area contributed by atoms with Gasteiger partial charge in [0, 0.05) is 5.02 Å². The first-order valence-corrected chi connectivity index (χ1v) is 4.84. The molecule has 0 bridgehead atoms. The van der Waals surface area contributed by atoms with Crippen molar-refractivity contribution < 1.29 is 9.90 Å². The monoisotopic (exact) mass is 212 g/mol. The van der Waals surface area contributed by atoms with Crippen molar-refractivity contribution in [2.45, 2.75) is 26.7 Å². The molecule has 76 valence electrons. The number of ketones is 1. The molecule has 0 saturated heterocycles. The van der Waals surface area contributed by atoms with E-state index in [4.69, 9.17) is 11.6 Å². The molecule has 0 spiro atoms. The molecular weight excluding hydrogens is 200 g/mol. The minimum atomic E-state index is -0.174. The van der Waals surface area contributed by atoms with Crippen molar-refractivity contribution in [3.05, 3.63) is 28.3 Å².